The average Bonchev–Trinajstić information content (AvgIpc) is 2.99. The number of rotatable bonds is 7. The van der Waals surface area contributed by atoms with Crippen LogP contribution in [-0.2, 0) is 22.3 Å². The molecule has 1 amide bonds. The molecule has 0 bridgehead atoms. The SMILES string of the molecule is Cc1cccc2c(C[C@H](NC(=O)Cc3ccccc3)OB(O)O)coc12. The van der Waals surface area contributed by atoms with Crippen LogP contribution >= 0.6 is 0 Å². The number of fused-ring (bicyclic) bond motifs is 1. The van der Waals surface area contributed by atoms with Crippen LogP contribution in [-0.4, -0.2) is 29.5 Å². The molecule has 0 aliphatic heterocycles. The molecule has 3 N–H and O–H groups in total. The van der Waals surface area contributed by atoms with Crippen LogP contribution in [0.2, 0.25) is 0 Å². The molecule has 1 heterocycles. The van der Waals surface area contributed by atoms with Crippen LogP contribution in [0.15, 0.2) is 59.2 Å². The Balaban J connectivity index is 1.73. The summed E-state index contributed by atoms with van der Waals surface area (Å²) in [6, 6.07) is 15.1. The summed E-state index contributed by atoms with van der Waals surface area (Å²) in [4.78, 5) is 12.3. The number of aryl methyl sites for hydroxylation is 1. The molecule has 134 valence electrons. The van der Waals surface area contributed by atoms with Crippen LogP contribution in [0, 0.1) is 6.92 Å². The molecule has 1 atom stereocenters. The van der Waals surface area contributed by atoms with E-state index >= 15 is 0 Å². The van der Waals surface area contributed by atoms with Crippen LogP contribution in [0.1, 0.15) is 16.7 Å². The van der Waals surface area contributed by atoms with Crippen molar-refractivity contribution >= 4 is 24.2 Å². The van der Waals surface area contributed by atoms with Gasteiger partial charge in [-0.05, 0) is 18.1 Å². The smallest absolute Gasteiger partial charge is 0.464 e. The lowest BCUT2D eigenvalue weighted by atomic mass is 10.1. The van der Waals surface area contributed by atoms with E-state index in [1.165, 1.54) is 0 Å². The fraction of sp³-hybridized carbons (Fsp3) is 0.211. The van der Waals surface area contributed by atoms with Crippen molar-refractivity contribution in [2.45, 2.75) is 26.0 Å². The van der Waals surface area contributed by atoms with Crippen LogP contribution in [0.3, 0.4) is 0 Å². The van der Waals surface area contributed by atoms with E-state index in [-0.39, 0.29) is 18.7 Å². The van der Waals surface area contributed by atoms with Gasteiger partial charge in [0, 0.05) is 17.4 Å². The van der Waals surface area contributed by atoms with Crippen LogP contribution < -0.4 is 5.32 Å². The zero-order chi connectivity index (χ0) is 18.5. The lowest BCUT2D eigenvalue weighted by Crippen LogP contribution is -2.43. The standard InChI is InChI=1S/C19H20BNO5/c1-13-6-5-9-16-15(12-25-19(13)16)11-18(26-20(23)24)21-17(22)10-14-7-3-2-4-8-14/h2-9,12,18,23-24H,10-11H2,1H3,(H,21,22)/t18-/m1/s1. The third kappa shape index (κ3) is 4.52. The van der Waals surface area contributed by atoms with Gasteiger partial charge in [-0.2, -0.15) is 0 Å². The van der Waals surface area contributed by atoms with E-state index in [0.29, 0.717) is 0 Å². The zero-order valence-electron chi connectivity index (χ0n) is 14.4. The van der Waals surface area contributed by atoms with E-state index in [0.717, 1.165) is 27.7 Å². The Bertz CT molecular complexity index is 878. The van der Waals surface area contributed by atoms with Gasteiger partial charge in [0.2, 0.25) is 5.91 Å². The summed E-state index contributed by atoms with van der Waals surface area (Å²) < 4.78 is 10.6. The highest BCUT2D eigenvalue weighted by Crippen LogP contribution is 2.25. The maximum atomic E-state index is 12.3. The highest BCUT2D eigenvalue weighted by atomic mass is 16.6. The number of carbonyl (C=O) groups is 1. The van der Waals surface area contributed by atoms with Gasteiger partial charge in [-0.1, -0.05) is 48.5 Å². The first-order valence-electron chi connectivity index (χ1n) is 8.33. The van der Waals surface area contributed by atoms with Crippen molar-refractivity contribution in [3.8, 4) is 0 Å². The fourth-order valence-corrected chi connectivity index (χ4v) is 2.91. The Hall–Kier alpha value is -2.61. The average molecular weight is 353 g/mol. The van der Waals surface area contributed by atoms with Gasteiger partial charge in [-0.15, -0.1) is 0 Å². The minimum absolute atomic E-state index is 0.174. The van der Waals surface area contributed by atoms with Crippen LogP contribution in [0.25, 0.3) is 11.0 Å². The second kappa shape index (κ2) is 8.18. The second-order valence-electron chi connectivity index (χ2n) is 6.10. The maximum absolute atomic E-state index is 12.3. The van der Waals surface area contributed by atoms with Gasteiger partial charge >= 0.3 is 7.32 Å². The summed E-state index contributed by atoms with van der Waals surface area (Å²) >= 11 is 0. The number of nitrogens with one attached hydrogen (secondary N) is 1. The number of hydrogen-bond donors (Lipinski definition) is 3. The summed E-state index contributed by atoms with van der Waals surface area (Å²) in [5.74, 6) is -0.272. The molecule has 3 aromatic rings. The van der Waals surface area contributed by atoms with Crippen LogP contribution in [0.5, 0.6) is 0 Å². The number of amides is 1. The first-order chi connectivity index (χ1) is 12.5. The summed E-state index contributed by atoms with van der Waals surface area (Å²) in [7, 11) is -1.99. The topological polar surface area (TPSA) is 91.9 Å². The molecule has 0 aliphatic carbocycles. The van der Waals surface area contributed by atoms with Gasteiger partial charge in [0.05, 0.1) is 12.7 Å². The molecule has 2 aromatic carbocycles. The number of hydrogen-bond acceptors (Lipinski definition) is 5. The van der Waals surface area contributed by atoms with Crippen LogP contribution in [0.4, 0.5) is 0 Å². The van der Waals surface area contributed by atoms with Crippen molar-refractivity contribution in [1.29, 1.82) is 0 Å². The molecule has 0 unspecified atom stereocenters. The first-order valence-corrected chi connectivity index (χ1v) is 8.33. The lowest BCUT2D eigenvalue weighted by Gasteiger charge is -2.19. The van der Waals surface area contributed by atoms with Crippen molar-refractivity contribution in [1.82, 2.24) is 5.32 Å². The molecule has 0 saturated heterocycles. The first kappa shape index (κ1) is 18.2. The van der Waals surface area contributed by atoms with E-state index in [1.807, 2.05) is 55.5 Å². The maximum Gasteiger partial charge on any atom is 0.635 e. The van der Waals surface area contributed by atoms with E-state index in [2.05, 4.69) is 5.32 Å². The Morgan fingerprint density at radius 3 is 2.69 bits per heavy atom. The monoisotopic (exact) mass is 353 g/mol. The summed E-state index contributed by atoms with van der Waals surface area (Å²) in [5, 5.41) is 21.9. The highest BCUT2D eigenvalue weighted by molar-refractivity contribution is 6.32. The van der Waals surface area contributed by atoms with Crippen molar-refractivity contribution < 1.29 is 23.9 Å². The molecule has 0 saturated carbocycles. The second-order valence-corrected chi connectivity index (χ2v) is 6.10. The molecule has 26 heavy (non-hydrogen) atoms. The van der Waals surface area contributed by atoms with Crippen molar-refractivity contribution in [2.24, 2.45) is 0 Å². The molecule has 0 fully saturated rings. The molecule has 0 spiro atoms. The molecule has 0 aliphatic rings. The summed E-state index contributed by atoms with van der Waals surface area (Å²) in [6.45, 7) is 1.95. The summed E-state index contributed by atoms with van der Waals surface area (Å²) in [6.07, 6.45) is 1.12. The van der Waals surface area contributed by atoms with E-state index in [1.54, 1.807) is 6.26 Å². The van der Waals surface area contributed by atoms with Gasteiger partial charge in [0.1, 0.15) is 11.8 Å². The third-order valence-electron chi connectivity index (χ3n) is 4.10. The zero-order valence-corrected chi connectivity index (χ0v) is 14.4. The third-order valence-corrected chi connectivity index (χ3v) is 4.10. The molecule has 6 nitrogen and oxygen atoms in total. The largest absolute Gasteiger partial charge is 0.635 e. The minimum atomic E-state index is -1.99. The highest BCUT2D eigenvalue weighted by Gasteiger charge is 2.22. The molecule has 7 heteroatoms. The Kier molecular flexibility index (Phi) is 5.73. The molecular formula is C19H20BNO5. The normalized spacial score (nSPS) is 12.1. The predicted molar refractivity (Wildman–Crippen MR) is 98.0 cm³/mol. The van der Waals surface area contributed by atoms with Crippen molar-refractivity contribution in [3.63, 3.8) is 0 Å². The van der Waals surface area contributed by atoms with Gasteiger partial charge in [0.25, 0.3) is 0 Å². The molecule has 0 radical (unpaired) electrons. The Labute approximate surface area is 151 Å². The molecule has 3 rings (SSSR count). The number of carbonyl (C=O) groups excluding carboxylic acids is 1. The van der Waals surface area contributed by atoms with E-state index in [4.69, 9.17) is 9.07 Å². The van der Waals surface area contributed by atoms with Crippen molar-refractivity contribution in [3.05, 3.63) is 71.5 Å². The van der Waals surface area contributed by atoms with Crippen molar-refractivity contribution in [2.75, 3.05) is 0 Å². The predicted octanol–water partition coefficient (Wildman–Crippen LogP) is 1.95. The molecule has 1 aromatic heterocycles. The number of benzene rings is 2. The van der Waals surface area contributed by atoms with Gasteiger partial charge < -0.3 is 24.4 Å². The lowest BCUT2D eigenvalue weighted by molar-refractivity contribution is -0.123. The van der Waals surface area contributed by atoms with E-state index < -0.39 is 13.5 Å². The van der Waals surface area contributed by atoms with E-state index in [9.17, 15) is 14.8 Å². The minimum Gasteiger partial charge on any atom is -0.464 e. The summed E-state index contributed by atoms with van der Waals surface area (Å²) in [5.41, 5.74) is 3.44. The fourth-order valence-electron chi connectivity index (χ4n) is 2.91. The Morgan fingerprint density at radius 2 is 1.96 bits per heavy atom. The molecular weight excluding hydrogens is 333 g/mol. The Morgan fingerprint density at radius 1 is 1.19 bits per heavy atom. The number of furan rings is 1. The number of para-hydroxylation sites is 1. The van der Waals surface area contributed by atoms with Gasteiger partial charge in [-0.25, -0.2) is 0 Å². The quantitative estimate of drug-likeness (QED) is 0.446. The van der Waals surface area contributed by atoms with Gasteiger partial charge in [0.15, 0.2) is 0 Å². The van der Waals surface area contributed by atoms with Gasteiger partial charge in [-0.3, -0.25) is 4.79 Å².